The number of fused-ring (bicyclic) bond motifs is 1. The molecule has 1 aromatic carbocycles. The molecule has 0 radical (unpaired) electrons. The molecule has 0 bridgehead atoms. The number of carbonyl (C=O) groups is 1. The van der Waals surface area contributed by atoms with Crippen molar-refractivity contribution in [1.29, 1.82) is 0 Å². The number of aromatic nitrogens is 3. The summed E-state index contributed by atoms with van der Waals surface area (Å²) in [6, 6.07) is 7.30. The molecule has 2 aromatic heterocycles. The third kappa shape index (κ3) is 3.85. The first-order valence-corrected chi connectivity index (χ1v) is 9.01. The fraction of sp³-hybridized carbons (Fsp3) is 0.250. The van der Waals surface area contributed by atoms with Gasteiger partial charge in [0.25, 0.3) is 5.91 Å². The van der Waals surface area contributed by atoms with Crippen LogP contribution in [0.3, 0.4) is 0 Å². The second kappa shape index (κ2) is 7.43. The van der Waals surface area contributed by atoms with Crippen LogP contribution in [-0.2, 0) is 12.7 Å². The molecule has 0 fully saturated rings. The largest absolute Gasteiger partial charge is 0.497 e. The lowest BCUT2D eigenvalue weighted by atomic mass is 10.1. The minimum Gasteiger partial charge on any atom is -0.497 e. The summed E-state index contributed by atoms with van der Waals surface area (Å²) in [5.41, 5.74) is 0.391. The van der Waals surface area contributed by atoms with Gasteiger partial charge in [0.05, 0.1) is 24.5 Å². The van der Waals surface area contributed by atoms with Gasteiger partial charge in [0, 0.05) is 29.9 Å². The molecule has 156 valence electrons. The molecule has 1 N–H and O–H groups in total. The highest BCUT2D eigenvalue weighted by atomic mass is 19.4. The molecule has 0 saturated carbocycles. The number of nitrogens with zero attached hydrogens (tertiary/aromatic N) is 3. The standard InChI is InChI=1S/C20H16F4N4O2/c1-30-14-7-12(6-13(21)9-14)19(29)26-15-3-5-28-17(15)10-16(27-28)11-2-4-25-18(8-11)20(22,23)24/h2,4,6-10,15H,3,5H2,1H3,(H,26,29). The Hall–Kier alpha value is -3.43. The number of nitrogens with one attached hydrogen (secondary N) is 1. The van der Waals surface area contributed by atoms with E-state index in [1.807, 2.05) is 0 Å². The molecule has 1 amide bonds. The van der Waals surface area contributed by atoms with E-state index in [9.17, 15) is 22.4 Å². The smallest absolute Gasteiger partial charge is 0.433 e. The van der Waals surface area contributed by atoms with Crippen LogP contribution < -0.4 is 10.1 Å². The number of pyridine rings is 1. The van der Waals surface area contributed by atoms with Crippen molar-refractivity contribution in [2.45, 2.75) is 25.2 Å². The maximum atomic E-state index is 13.7. The Morgan fingerprint density at radius 1 is 1.23 bits per heavy atom. The molecule has 1 unspecified atom stereocenters. The summed E-state index contributed by atoms with van der Waals surface area (Å²) in [5.74, 6) is -0.870. The molecule has 3 heterocycles. The summed E-state index contributed by atoms with van der Waals surface area (Å²) >= 11 is 0. The van der Waals surface area contributed by atoms with Crippen molar-refractivity contribution in [3.05, 3.63) is 65.4 Å². The molecule has 1 aliphatic rings. The van der Waals surface area contributed by atoms with Crippen LogP contribution in [0.4, 0.5) is 17.6 Å². The van der Waals surface area contributed by atoms with Gasteiger partial charge in [-0.1, -0.05) is 0 Å². The van der Waals surface area contributed by atoms with Crippen LogP contribution in [-0.4, -0.2) is 27.8 Å². The highest BCUT2D eigenvalue weighted by Crippen LogP contribution is 2.33. The van der Waals surface area contributed by atoms with Gasteiger partial charge in [-0.2, -0.15) is 18.3 Å². The summed E-state index contributed by atoms with van der Waals surface area (Å²) in [6.07, 6.45) is -2.91. The quantitative estimate of drug-likeness (QED) is 0.649. The van der Waals surface area contributed by atoms with Gasteiger partial charge in [-0.3, -0.25) is 14.5 Å². The molecule has 10 heteroatoms. The van der Waals surface area contributed by atoms with E-state index in [0.29, 0.717) is 24.4 Å². The number of hydrogen-bond donors (Lipinski definition) is 1. The van der Waals surface area contributed by atoms with Crippen LogP contribution >= 0.6 is 0 Å². The SMILES string of the molecule is COc1cc(F)cc(C(=O)NC2CCn3nc(-c4ccnc(C(F)(F)F)c4)cc32)c1. The Morgan fingerprint density at radius 3 is 2.77 bits per heavy atom. The number of alkyl halides is 3. The average Bonchev–Trinajstić information content (AvgIpc) is 3.29. The maximum absolute atomic E-state index is 13.7. The summed E-state index contributed by atoms with van der Waals surface area (Å²) < 4.78 is 59.1. The van der Waals surface area contributed by atoms with E-state index >= 15 is 0 Å². The van der Waals surface area contributed by atoms with E-state index in [-0.39, 0.29) is 16.9 Å². The van der Waals surface area contributed by atoms with E-state index in [0.717, 1.165) is 24.4 Å². The van der Waals surface area contributed by atoms with Crippen molar-refractivity contribution < 1.29 is 27.1 Å². The van der Waals surface area contributed by atoms with Gasteiger partial charge < -0.3 is 10.1 Å². The zero-order valence-corrected chi connectivity index (χ0v) is 15.7. The maximum Gasteiger partial charge on any atom is 0.433 e. The lowest BCUT2D eigenvalue weighted by Crippen LogP contribution is -2.27. The minimum atomic E-state index is -4.55. The molecule has 0 saturated heterocycles. The fourth-order valence-electron chi connectivity index (χ4n) is 3.38. The summed E-state index contributed by atoms with van der Waals surface area (Å²) in [7, 11) is 1.37. The van der Waals surface area contributed by atoms with Gasteiger partial charge in [-0.25, -0.2) is 4.39 Å². The lowest BCUT2D eigenvalue weighted by molar-refractivity contribution is -0.141. The zero-order chi connectivity index (χ0) is 21.5. The van der Waals surface area contributed by atoms with Crippen LogP contribution in [0.5, 0.6) is 5.75 Å². The molecule has 6 nitrogen and oxygen atoms in total. The summed E-state index contributed by atoms with van der Waals surface area (Å²) in [6.45, 7) is 0.490. The Bertz CT molecular complexity index is 1110. The molecule has 3 aromatic rings. The molecule has 0 spiro atoms. The number of hydrogen-bond acceptors (Lipinski definition) is 4. The van der Waals surface area contributed by atoms with E-state index in [1.54, 1.807) is 10.7 Å². The van der Waals surface area contributed by atoms with Crippen molar-refractivity contribution in [3.63, 3.8) is 0 Å². The van der Waals surface area contributed by atoms with Gasteiger partial charge in [-0.15, -0.1) is 0 Å². The van der Waals surface area contributed by atoms with Crippen molar-refractivity contribution in [2.75, 3.05) is 7.11 Å². The first kappa shape index (κ1) is 19.9. The number of carbonyl (C=O) groups excluding carboxylic acids is 1. The normalized spacial score (nSPS) is 15.7. The Labute approximate surface area is 168 Å². The van der Waals surface area contributed by atoms with Crippen molar-refractivity contribution in [1.82, 2.24) is 20.1 Å². The number of methoxy groups -OCH3 is 1. The lowest BCUT2D eigenvalue weighted by Gasteiger charge is -2.12. The van der Waals surface area contributed by atoms with E-state index in [2.05, 4.69) is 15.4 Å². The number of aryl methyl sites for hydroxylation is 1. The van der Waals surface area contributed by atoms with Crippen molar-refractivity contribution in [3.8, 4) is 17.0 Å². The van der Waals surface area contributed by atoms with Crippen LogP contribution in [0, 0.1) is 5.82 Å². The zero-order valence-electron chi connectivity index (χ0n) is 15.7. The Balaban J connectivity index is 1.57. The predicted octanol–water partition coefficient (Wildman–Crippen LogP) is 3.99. The Morgan fingerprint density at radius 2 is 2.03 bits per heavy atom. The van der Waals surface area contributed by atoms with E-state index in [4.69, 9.17) is 4.74 Å². The van der Waals surface area contributed by atoms with Gasteiger partial charge >= 0.3 is 6.18 Å². The van der Waals surface area contributed by atoms with Crippen LogP contribution in [0.2, 0.25) is 0 Å². The van der Waals surface area contributed by atoms with E-state index < -0.39 is 29.6 Å². The predicted molar refractivity (Wildman–Crippen MR) is 98.2 cm³/mol. The average molecular weight is 420 g/mol. The number of rotatable bonds is 4. The second-order valence-electron chi connectivity index (χ2n) is 6.80. The number of halogens is 4. The highest BCUT2D eigenvalue weighted by molar-refractivity contribution is 5.94. The second-order valence-corrected chi connectivity index (χ2v) is 6.80. The Kier molecular flexibility index (Phi) is 4.92. The van der Waals surface area contributed by atoms with Crippen molar-refractivity contribution in [2.24, 2.45) is 0 Å². The molecule has 30 heavy (non-hydrogen) atoms. The van der Waals surface area contributed by atoms with Crippen molar-refractivity contribution >= 4 is 5.91 Å². The first-order chi connectivity index (χ1) is 14.2. The van der Waals surface area contributed by atoms with Crippen LogP contribution in [0.25, 0.3) is 11.3 Å². The van der Waals surface area contributed by atoms with Gasteiger partial charge in [0.2, 0.25) is 0 Å². The third-order valence-corrected chi connectivity index (χ3v) is 4.82. The summed E-state index contributed by atoms with van der Waals surface area (Å²) in [4.78, 5) is 15.9. The van der Waals surface area contributed by atoms with E-state index in [1.165, 1.54) is 19.2 Å². The number of amides is 1. The molecule has 4 rings (SSSR count). The molecule has 1 aliphatic heterocycles. The molecule has 1 atom stereocenters. The van der Waals surface area contributed by atoms with Gasteiger partial charge in [-0.05, 0) is 36.8 Å². The topological polar surface area (TPSA) is 69.0 Å². The number of ether oxygens (including phenoxy) is 1. The molecular weight excluding hydrogens is 404 g/mol. The monoisotopic (exact) mass is 420 g/mol. The van der Waals surface area contributed by atoms with Crippen LogP contribution in [0.1, 0.15) is 34.2 Å². The highest BCUT2D eigenvalue weighted by Gasteiger charge is 2.33. The third-order valence-electron chi connectivity index (χ3n) is 4.82. The van der Waals surface area contributed by atoms with Gasteiger partial charge in [0.1, 0.15) is 17.3 Å². The molecule has 0 aliphatic carbocycles. The summed E-state index contributed by atoms with van der Waals surface area (Å²) in [5, 5.41) is 7.16. The minimum absolute atomic E-state index is 0.106. The first-order valence-electron chi connectivity index (χ1n) is 9.01. The van der Waals surface area contributed by atoms with Crippen LogP contribution in [0.15, 0.2) is 42.6 Å². The number of benzene rings is 1. The molecular formula is C20H16F4N4O2. The fourth-order valence-corrected chi connectivity index (χ4v) is 3.38. The van der Waals surface area contributed by atoms with Gasteiger partial charge in [0.15, 0.2) is 0 Å².